The number of allylic oxidation sites excluding steroid dienone is 3. The molecular formula is C30H37N3. The largest absolute Gasteiger partial charge is 0.374 e. The summed E-state index contributed by atoms with van der Waals surface area (Å²) in [4.78, 5) is 7.35. The van der Waals surface area contributed by atoms with Crippen LogP contribution in [0.25, 0.3) is 16.7 Å². The Morgan fingerprint density at radius 2 is 1.85 bits per heavy atom. The van der Waals surface area contributed by atoms with E-state index in [1.165, 1.54) is 69.1 Å². The topological polar surface area (TPSA) is 21.1 Å². The Labute approximate surface area is 198 Å². The van der Waals surface area contributed by atoms with Crippen molar-refractivity contribution in [1.82, 2.24) is 14.5 Å². The second-order valence-electron chi connectivity index (χ2n) is 12.0. The van der Waals surface area contributed by atoms with Gasteiger partial charge >= 0.3 is 0 Å². The fourth-order valence-corrected chi connectivity index (χ4v) is 8.81. The highest BCUT2D eigenvalue weighted by molar-refractivity contribution is 5.80. The van der Waals surface area contributed by atoms with Gasteiger partial charge in [-0.1, -0.05) is 49.8 Å². The lowest BCUT2D eigenvalue weighted by molar-refractivity contribution is -0.0174. The molecule has 0 spiro atoms. The summed E-state index contributed by atoms with van der Waals surface area (Å²) in [5.74, 6) is 2.45. The fraction of sp³-hybridized carbons (Fsp3) is 0.567. The molecule has 2 fully saturated rings. The normalized spacial score (nSPS) is 39.8. The van der Waals surface area contributed by atoms with Gasteiger partial charge in [-0.3, -0.25) is 0 Å². The number of hydrogen-bond donors (Lipinski definition) is 0. The van der Waals surface area contributed by atoms with Gasteiger partial charge in [0.25, 0.3) is 0 Å². The molecule has 3 unspecified atom stereocenters. The molecule has 2 aromatic rings. The summed E-state index contributed by atoms with van der Waals surface area (Å²) >= 11 is 0. The van der Waals surface area contributed by atoms with Crippen molar-refractivity contribution in [1.29, 1.82) is 0 Å². The van der Waals surface area contributed by atoms with E-state index < -0.39 is 0 Å². The third-order valence-corrected chi connectivity index (χ3v) is 10.7. The molecule has 3 nitrogen and oxygen atoms in total. The van der Waals surface area contributed by atoms with Crippen molar-refractivity contribution in [2.45, 2.75) is 71.3 Å². The highest BCUT2D eigenvalue weighted by Gasteiger charge is 2.57. The van der Waals surface area contributed by atoms with Crippen LogP contribution in [0, 0.1) is 28.6 Å². The third kappa shape index (κ3) is 2.77. The van der Waals surface area contributed by atoms with Gasteiger partial charge in [-0.2, -0.15) is 0 Å². The molecule has 4 aliphatic carbocycles. The Bertz CT molecular complexity index is 1180. The van der Waals surface area contributed by atoms with Crippen LogP contribution in [0.4, 0.5) is 0 Å². The van der Waals surface area contributed by atoms with Crippen LogP contribution in [0.3, 0.4) is 0 Å². The minimum Gasteiger partial charge on any atom is -0.374 e. The van der Waals surface area contributed by atoms with Crippen LogP contribution in [0.15, 0.2) is 60.6 Å². The van der Waals surface area contributed by atoms with Gasteiger partial charge in [0, 0.05) is 23.7 Å². The van der Waals surface area contributed by atoms with E-state index >= 15 is 0 Å². The molecule has 0 saturated heterocycles. The van der Waals surface area contributed by atoms with Crippen molar-refractivity contribution in [3.63, 3.8) is 0 Å². The van der Waals surface area contributed by atoms with Crippen molar-refractivity contribution < 1.29 is 0 Å². The molecule has 33 heavy (non-hydrogen) atoms. The van der Waals surface area contributed by atoms with Gasteiger partial charge in [-0.15, -0.1) is 0 Å². The summed E-state index contributed by atoms with van der Waals surface area (Å²) in [7, 11) is 0. The Kier molecular flexibility index (Phi) is 4.33. The number of hydrogen-bond acceptors (Lipinski definition) is 2. The molecule has 6 atom stereocenters. The first kappa shape index (κ1) is 20.1. The first-order valence-corrected chi connectivity index (χ1v) is 13.3. The van der Waals surface area contributed by atoms with E-state index in [-0.39, 0.29) is 5.41 Å². The summed E-state index contributed by atoms with van der Waals surface area (Å²) in [5.41, 5.74) is 6.39. The van der Waals surface area contributed by atoms with Crippen LogP contribution < -0.4 is 0 Å². The lowest BCUT2D eigenvalue weighted by Crippen LogP contribution is -2.51. The smallest absolute Gasteiger partial charge is 0.100 e. The molecule has 0 radical (unpaired) electrons. The Balaban J connectivity index is 1.18. The molecule has 2 heterocycles. The van der Waals surface area contributed by atoms with Gasteiger partial charge < -0.3 is 9.47 Å². The van der Waals surface area contributed by atoms with Gasteiger partial charge in [-0.25, -0.2) is 4.98 Å². The van der Waals surface area contributed by atoms with Gasteiger partial charge in [0.15, 0.2) is 0 Å². The quantitative estimate of drug-likeness (QED) is 0.468. The van der Waals surface area contributed by atoms with E-state index in [0.717, 1.165) is 29.3 Å². The molecule has 172 valence electrons. The van der Waals surface area contributed by atoms with Crippen LogP contribution in [-0.4, -0.2) is 27.0 Å². The van der Waals surface area contributed by atoms with Crippen molar-refractivity contribution in [2.75, 3.05) is 6.54 Å². The maximum atomic E-state index is 4.72. The summed E-state index contributed by atoms with van der Waals surface area (Å²) in [6, 6.07) is 9.36. The molecule has 5 aliphatic rings. The first-order chi connectivity index (χ1) is 16.1. The molecule has 1 aromatic heterocycles. The highest BCUT2D eigenvalue weighted by Crippen LogP contribution is 2.66. The van der Waals surface area contributed by atoms with Crippen molar-refractivity contribution in [2.24, 2.45) is 28.6 Å². The van der Waals surface area contributed by atoms with E-state index in [2.05, 4.69) is 78.3 Å². The molecule has 0 amide bonds. The van der Waals surface area contributed by atoms with Crippen molar-refractivity contribution in [3.8, 4) is 0 Å². The second kappa shape index (κ2) is 7.10. The molecule has 7 rings (SSSR count). The molecule has 2 saturated carbocycles. The SMILES string of the molecule is C[C@]12CC[C@H](N3C=CCC3)CC1=CCC1C2CC[C@]2(C)C(n3cnc4ccccc43)=CCC12. The number of benzene rings is 1. The van der Waals surface area contributed by atoms with E-state index in [1.807, 2.05) is 0 Å². The number of imidazole rings is 1. The first-order valence-electron chi connectivity index (χ1n) is 13.3. The lowest BCUT2D eigenvalue weighted by Gasteiger charge is -2.58. The molecule has 3 heteroatoms. The van der Waals surface area contributed by atoms with Crippen LogP contribution in [0.5, 0.6) is 0 Å². The summed E-state index contributed by atoms with van der Waals surface area (Å²) in [6.45, 7) is 6.44. The summed E-state index contributed by atoms with van der Waals surface area (Å²) in [5, 5.41) is 0. The van der Waals surface area contributed by atoms with Crippen LogP contribution in [-0.2, 0) is 0 Å². The Morgan fingerprint density at radius 1 is 0.970 bits per heavy atom. The average Bonchev–Trinajstić information content (AvgIpc) is 3.57. The zero-order valence-electron chi connectivity index (χ0n) is 20.2. The molecule has 0 bridgehead atoms. The standard InChI is InChI=1S/C30H37N3/c1-29-15-13-22(32-17-5-6-18-32)19-21(29)9-10-23-24-11-12-28(30(24,2)16-14-25(23)29)33-20-31-26-7-3-4-8-27(26)33/h3-5,7-9,12,17,20,22-25H,6,10-11,13-16,18-19H2,1-2H3/t22-,23?,24?,25?,29-,30-/m0/s1. The maximum absolute atomic E-state index is 4.72. The number of fused-ring (bicyclic) bond motifs is 6. The average molecular weight is 440 g/mol. The predicted molar refractivity (Wildman–Crippen MR) is 135 cm³/mol. The zero-order valence-corrected chi connectivity index (χ0v) is 20.2. The lowest BCUT2D eigenvalue weighted by atomic mass is 9.47. The van der Waals surface area contributed by atoms with Gasteiger partial charge in [-0.05, 0) is 92.9 Å². The highest BCUT2D eigenvalue weighted by atomic mass is 15.1. The van der Waals surface area contributed by atoms with Gasteiger partial charge in [0.2, 0.25) is 0 Å². The van der Waals surface area contributed by atoms with E-state index in [9.17, 15) is 0 Å². The van der Waals surface area contributed by atoms with E-state index in [4.69, 9.17) is 4.98 Å². The Morgan fingerprint density at radius 3 is 2.73 bits per heavy atom. The van der Waals surface area contributed by atoms with Crippen LogP contribution >= 0.6 is 0 Å². The molecular weight excluding hydrogens is 402 g/mol. The van der Waals surface area contributed by atoms with E-state index in [1.54, 1.807) is 5.57 Å². The zero-order chi connectivity index (χ0) is 22.2. The van der Waals surface area contributed by atoms with Crippen LogP contribution in [0.1, 0.15) is 65.2 Å². The summed E-state index contributed by atoms with van der Waals surface area (Å²) < 4.78 is 2.41. The molecule has 1 aliphatic heterocycles. The van der Waals surface area contributed by atoms with E-state index in [0.29, 0.717) is 5.41 Å². The fourth-order valence-electron chi connectivity index (χ4n) is 8.81. The van der Waals surface area contributed by atoms with Gasteiger partial charge in [0.05, 0.1) is 11.0 Å². The second-order valence-corrected chi connectivity index (χ2v) is 12.0. The van der Waals surface area contributed by atoms with Crippen molar-refractivity contribution in [3.05, 3.63) is 60.6 Å². The maximum Gasteiger partial charge on any atom is 0.100 e. The number of aromatic nitrogens is 2. The van der Waals surface area contributed by atoms with Gasteiger partial charge in [0.1, 0.15) is 6.33 Å². The minimum atomic E-state index is 0.268. The molecule has 0 N–H and O–H groups in total. The summed E-state index contributed by atoms with van der Waals surface area (Å²) in [6.07, 6.45) is 22.6. The number of rotatable bonds is 2. The third-order valence-electron chi connectivity index (χ3n) is 10.7. The van der Waals surface area contributed by atoms with Crippen LogP contribution in [0.2, 0.25) is 0 Å². The predicted octanol–water partition coefficient (Wildman–Crippen LogP) is 7.04. The number of para-hydroxylation sites is 2. The Hall–Kier alpha value is -2.29. The minimum absolute atomic E-state index is 0.268. The monoisotopic (exact) mass is 439 g/mol. The van der Waals surface area contributed by atoms with Crippen molar-refractivity contribution >= 4 is 16.7 Å². The molecule has 1 aromatic carbocycles. The number of nitrogens with zero attached hydrogens (tertiary/aromatic N) is 3.